The fraction of sp³-hybridized carbons (Fsp3) is 0.235. The van der Waals surface area contributed by atoms with Crippen LogP contribution in [0.2, 0.25) is 0 Å². The van der Waals surface area contributed by atoms with Gasteiger partial charge in [0.1, 0.15) is 11.4 Å². The van der Waals surface area contributed by atoms with E-state index < -0.39 is 5.67 Å². The Labute approximate surface area is 128 Å². The van der Waals surface area contributed by atoms with Crippen LogP contribution in [0, 0.1) is 6.92 Å². The molecule has 0 N–H and O–H groups in total. The van der Waals surface area contributed by atoms with Crippen molar-refractivity contribution in [3.05, 3.63) is 53.7 Å². The van der Waals surface area contributed by atoms with Gasteiger partial charge in [-0.3, -0.25) is 0 Å². The maximum absolute atomic E-state index is 14.1. The van der Waals surface area contributed by atoms with Crippen molar-refractivity contribution in [2.75, 3.05) is 0 Å². The van der Waals surface area contributed by atoms with Gasteiger partial charge < -0.3 is 4.42 Å². The van der Waals surface area contributed by atoms with Crippen molar-refractivity contribution >= 4 is 0 Å². The molecule has 0 saturated carbocycles. The number of rotatable bonds is 3. The van der Waals surface area contributed by atoms with E-state index in [1.54, 1.807) is 18.2 Å². The van der Waals surface area contributed by atoms with Crippen molar-refractivity contribution in [2.45, 2.75) is 26.4 Å². The predicted molar refractivity (Wildman–Crippen MR) is 81.8 cm³/mol. The standard InChI is InChI=1S/C17H16FN3O/c1-11-6-4-9-14(19-11)16-21-20-15(22-16)12-7-5-8-13(10-12)17(2,3)18/h4-10H,1-3H3. The van der Waals surface area contributed by atoms with E-state index in [0.29, 0.717) is 28.6 Å². The molecule has 0 radical (unpaired) electrons. The maximum Gasteiger partial charge on any atom is 0.266 e. The SMILES string of the molecule is Cc1cccc(-c2nnc(-c3cccc(C(C)(C)F)c3)o2)n1. The van der Waals surface area contributed by atoms with Gasteiger partial charge in [-0.25, -0.2) is 9.37 Å². The van der Waals surface area contributed by atoms with Crippen molar-refractivity contribution in [2.24, 2.45) is 0 Å². The molecule has 112 valence electrons. The third-order valence-corrected chi connectivity index (χ3v) is 3.33. The summed E-state index contributed by atoms with van der Waals surface area (Å²) in [6, 6.07) is 12.6. The van der Waals surface area contributed by atoms with Crippen molar-refractivity contribution in [3.63, 3.8) is 0 Å². The smallest absolute Gasteiger partial charge is 0.266 e. The first-order valence-electron chi connectivity index (χ1n) is 7.01. The Balaban J connectivity index is 1.98. The van der Waals surface area contributed by atoms with E-state index in [0.717, 1.165) is 5.69 Å². The quantitative estimate of drug-likeness (QED) is 0.722. The highest BCUT2D eigenvalue weighted by molar-refractivity contribution is 5.57. The first kappa shape index (κ1) is 14.4. The average molecular weight is 297 g/mol. The molecule has 1 aromatic carbocycles. The van der Waals surface area contributed by atoms with E-state index in [1.165, 1.54) is 13.8 Å². The first-order chi connectivity index (χ1) is 10.4. The van der Waals surface area contributed by atoms with Gasteiger partial charge in [0.05, 0.1) is 0 Å². The van der Waals surface area contributed by atoms with Crippen molar-refractivity contribution in [1.29, 1.82) is 0 Å². The van der Waals surface area contributed by atoms with Gasteiger partial charge in [0.25, 0.3) is 5.89 Å². The van der Waals surface area contributed by atoms with Gasteiger partial charge in [0, 0.05) is 11.3 Å². The zero-order valence-corrected chi connectivity index (χ0v) is 12.7. The van der Waals surface area contributed by atoms with Crippen molar-refractivity contribution in [3.8, 4) is 23.0 Å². The molecule has 0 saturated heterocycles. The van der Waals surface area contributed by atoms with Crippen LogP contribution in [0.5, 0.6) is 0 Å². The molecule has 0 spiro atoms. The first-order valence-corrected chi connectivity index (χ1v) is 7.01. The van der Waals surface area contributed by atoms with Gasteiger partial charge in [-0.2, -0.15) is 0 Å². The third kappa shape index (κ3) is 2.88. The summed E-state index contributed by atoms with van der Waals surface area (Å²) >= 11 is 0. The summed E-state index contributed by atoms with van der Waals surface area (Å²) < 4.78 is 19.7. The van der Waals surface area contributed by atoms with Gasteiger partial charge in [-0.15, -0.1) is 10.2 Å². The van der Waals surface area contributed by atoms with Gasteiger partial charge in [-0.1, -0.05) is 18.2 Å². The Morgan fingerprint density at radius 3 is 2.45 bits per heavy atom. The highest BCUT2D eigenvalue weighted by Gasteiger charge is 2.20. The molecule has 0 amide bonds. The summed E-state index contributed by atoms with van der Waals surface area (Å²) in [5.41, 5.74) is 1.34. The normalized spacial score (nSPS) is 11.6. The molecule has 0 bridgehead atoms. The molecule has 0 unspecified atom stereocenters. The molecule has 0 aliphatic carbocycles. The fourth-order valence-corrected chi connectivity index (χ4v) is 2.13. The third-order valence-electron chi connectivity index (χ3n) is 3.33. The van der Waals surface area contributed by atoms with E-state index in [2.05, 4.69) is 15.2 Å². The lowest BCUT2D eigenvalue weighted by atomic mass is 9.98. The minimum Gasteiger partial charge on any atom is -0.415 e. The molecule has 0 atom stereocenters. The Morgan fingerprint density at radius 1 is 1.00 bits per heavy atom. The molecule has 0 fully saturated rings. The summed E-state index contributed by atoms with van der Waals surface area (Å²) in [6.45, 7) is 4.93. The molecule has 0 aliphatic heterocycles. The number of alkyl halides is 1. The lowest BCUT2D eigenvalue weighted by Gasteiger charge is -2.14. The van der Waals surface area contributed by atoms with E-state index in [4.69, 9.17) is 4.42 Å². The van der Waals surface area contributed by atoms with Crippen molar-refractivity contribution in [1.82, 2.24) is 15.2 Å². The molecule has 2 aromatic heterocycles. The lowest BCUT2D eigenvalue weighted by Crippen LogP contribution is -2.08. The number of hydrogen-bond donors (Lipinski definition) is 0. The van der Waals surface area contributed by atoms with Crippen LogP contribution in [-0.4, -0.2) is 15.2 Å². The molecule has 3 rings (SSSR count). The van der Waals surface area contributed by atoms with E-state index in [-0.39, 0.29) is 0 Å². The summed E-state index contributed by atoms with van der Waals surface area (Å²) in [5, 5.41) is 8.06. The average Bonchev–Trinajstić information content (AvgIpc) is 2.96. The molecule has 0 aliphatic rings. The van der Waals surface area contributed by atoms with E-state index in [1.807, 2.05) is 31.2 Å². The maximum atomic E-state index is 14.1. The highest BCUT2D eigenvalue weighted by atomic mass is 19.1. The second kappa shape index (κ2) is 5.33. The van der Waals surface area contributed by atoms with Crippen LogP contribution >= 0.6 is 0 Å². The Kier molecular flexibility index (Phi) is 3.48. The summed E-state index contributed by atoms with van der Waals surface area (Å²) in [7, 11) is 0. The lowest BCUT2D eigenvalue weighted by molar-refractivity contribution is 0.221. The monoisotopic (exact) mass is 297 g/mol. The van der Waals surface area contributed by atoms with Crippen LogP contribution in [-0.2, 0) is 5.67 Å². The second-order valence-electron chi connectivity index (χ2n) is 5.63. The Morgan fingerprint density at radius 2 is 1.73 bits per heavy atom. The molecule has 5 heteroatoms. The summed E-state index contributed by atoms with van der Waals surface area (Å²) in [6.07, 6.45) is 0. The number of hydrogen-bond acceptors (Lipinski definition) is 4. The number of pyridine rings is 1. The van der Waals surface area contributed by atoms with Gasteiger partial charge in [0.15, 0.2) is 0 Å². The number of nitrogens with zero attached hydrogens (tertiary/aromatic N) is 3. The van der Waals surface area contributed by atoms with Crippen LogP contribution in [0.4, 0.5) is 4.39 Å². The van der Waals surface area contributed by atoms with Crippen molar-refractivity contribution < 1.29 is 8.81 Å². The topological polar surface area (TPSA) is 51.8 Å². The molecular formula is C17H16FN3O. The molecule has 2 heterocycles. The number of aromatic nitrogens is 3. The fourth-order valence-electron chi connectivity index (χ4n) is 2.13. The number of benzene rings is 1. The molecule has 3 aromatic rings. The number of aryl methyl sites for hydroxylation is 1. The van der Waals surface area contributed by atoms with Crippen LogP contribution in [0.3, 0.4) is 0 Å². The molecule has 4 nitrogen and oxygen atoms in total. The molecule has 22 heavy (non-hydrogen) atoms. The van der Waals surface area contributed by atoms with E-state index >= 15 is 0 Å². The minimum absolute atomic E-state index is 0.351. The van der Waals surface area contributed by atoms with Crippen LogP contribution in [0.25, 0.3) is 23.0 Å². The second-order valence-corrected chi connectivity index (χ2v) is 5.63. The van der Waals surface area contributed by atoms with Crippen LogP contribution < -0.4 is 0 Å². The van der Waals surface area contributed by atoms with Crippen LogP contribution in [0.15, 0.2) is 46.9 Å². The largest absolute Gasteiger partial charge is 0.415 e. The van der Waals surface area contributed by atoms with Gasteiger partial charge in [-0.05, 0) is 50.6 Å². The van der Waals surface area contributed by atoms with Gasteiger partial charge in [0.2, 0.25) is 5.89 Å². The zero-order valence-electron chi connectivity index (χ0n) is 12.7. The predicted octanol–water partition coefficient (Wildman–Crippen LogP) is 4.31. The Bertz CT molecular complexity index is 805. The highest BCUT2D eigenvalue weighted by Crippen LogP contribution is 2.29. The van der Waals surface area contributed by atoms with Crippen LogP contribution in [0.1, 0.15) is 25.1 Å². The molecular weight excluding hydrogens is 281 g/mol. The van der Waals surface area contributed by atoms with Gasteiger partial charge >= 0.3 is 0 Å². The number of halogens is 1. The summed E-state index contributed by atoms with van der Waals surface area (Å²) in [4.78, 5) is 4.35. The zero-order chi connectivity index (χ0) is 15.7. The summed E-state index contributed by atoms with van der Waals surface area (Å²) in [5.74, 6) is 0.702. The minimum atomic E-state index is -1.42. The Hall–Kier alpha value is -2.56. The van der Waals surface area contributed by atoms with E-state index in [9.17, 15) is 4.39 Å².